The predicted molar refractivity (Wildman–Crippen MR) is 67.8 cm³/mol. The van der Waals surface area contributed by atoms with Crippen LogP contribution in [0.25, 0.3) is 0 Å². The highest BCUT2D eigenvalue weighted by Gasteiger charge is 2.31. The van der Waals surface area contributed by atoms with Gasteiger partial charge in [-0.3, -0.25) is 4.79 Å². The summed E-state index contributed by atoms with van der Waals surface area (Å²) in [7, 11) is 0. The lowest BCUT2D eigenvalue weighted by molar-refractivity contribution is -0.129. The SMILES string of the molecule is CC(C)N1C[C@@H](Nc2ncccc2C#N)CC1=O. The molecule has 0 aliphatic carbocycles. The molecule has 1 atom stereocenters. The molecule has 0 bridgehead atoms. The lowest BCUT2D eigenvalue weighted by Crippen LogP contribution is -2.33. The molecule has 0 saturated carbocycles. The molecule has 1 saturated heterocycles. The monoisotopic (exact) mass is 244 g/mol. The van der Waals surface area contributed by atoms with Gasteiger partial charge < -0.3 is 10.2 Å². The molecule has 0 unspecified atom stereocenters. The van der Waals surface area contributed by atoms with E-state index in [1.165, 1.54) is 0 Å². The van der Waals surface area contributed by atoms with Crippen molar-refractivity contribution in [2.24, 2.45) is 0 Å². The highest BCUT2D eigenvalue weighted by Crippen LogP contribution is 2.19. The first-order valence-electron chi connectivity index (χ1n) is 6.03. The number of anilines is 1. The molecule has 0 radical (unpaired) electrons. The summed E-state index contributed by atoms with van der Waals surface area (Å²) in [6.45, 7) is 4.67. The highest BCUT2D eigenvalue weighted by atomic mass is 16.2. The molecule has 1 N–H and O–H groups in total. The summed E-state index contributed by atoms with van der Waals surface area (Å²) in [5.41, 5.74) is 0.507. The summed E-state index contributed by atoms with van der Waals surface area (Å²) < 4.78 is 0. The van der Waals surface area contributed by atoms with Crippen LogP contribution in [0.4, 0.5) is 5.82 Å². The Balaban J connectivity index is 2.08. The number of rotatable bonds is 3. The van der Waals surface area contributed by atoms with Crippen LogP contribution >= 0.6 is 0 Å². The minimum atomic E-state index is 0.0295. The minimum Gasteiger partial charge on any atom is -0.364 e. The number of amides is 1. The van der Waals surface area contributed by atoms with Crippen LogP contribution < -0.4 is 5.32 Å². The van der Waals surface area contributed by atoms with Crippen molar-refractivity contribution in [1.82, 2.24) is 9.88 Å². The van der Waals surface area contributed by atoms with E-state index in [-0.39, 0.29) is 18.0 Å². The van der Waals surface area contributed by atoms with Gasteiger partial charge >= 0.3 is 0 Å². The van der Waals surface area contributed by atoms with Crippen molar-refractivity contribution >= 4 is 11.7 Å². The Labute approximate surface area is 106 Å². The van der Waals surface area contributed by atoms with Crippen LogP contribution in [0.2, 0.25) is 0 Å². The van der Waals surface area contributed by atoms with Crippen LogP contribution in [0.1, 0.15) is 25.8 Å². The number of carbonyl (C=O) groups excluding carboxylic acids is 1. The second-order valence-corrected chi connectivity index (χ2v) is 4.70. The molecule has 18 heavy (non-hydrogen) atoms. The molecule has 1 aliphatic rings. The van der Waals surface area contributed by atoms with Crippen LogP contribution in [0.15, 0.2) is 18.3 Å². The molecule has 1 aliphatic heterocycles. The molecule has 1 aromatic heterocycles. The molecular formula is C13H16N4O. The Morgan fingerprint density at radius 1 is 1.61 bits per heavy atom. The van der Waals surface area contributed by atoms with Crippen molar-refractivity contribution in [3.05, 3.63) is 23.9 Å². The molecule has 1 amide bonds. The number of carbonyl (C=O) groups is 1. The largest absolute Gasteiger partial charge is 0.364 e. The van der Waals surface area contributed by atoms with Crippen LogP contribution in [0.5, 0.6) is 0 Å². The Morgan fingerprint density at radius 3 is 3.00 bits per heavy atom. The first-order valence-corrected chi connectivity index (χ1v) is 6.03. The van der Waals surface area contributed by atoms with Crippen molar-refractivity contribution in [3.63, 3.8) is 0 Å². The number of hydrogen-bond acceptors (Lipinski definition) is 4. The number of nitriles is 1. The van der Waals surface area contributed by atoms with E-state index >= 15 is 0 Å². The number of aromatic nitrogens is 1. The van der Waals surface area contributed by atoms with Crippen molar-refractivity contribution in [3.8, 4) is 6.07 Å². The van der Waals surface area contributed by atoms with Gasteiger partial charge in [0.15, 0.2) is 0 Å². The van der Waals surface area contributed by atoms with Gasteiger partial charge in [-0.15, -0.1) is 0 Å². The molecule has 5 heteroatoms. The van der Waals surface area contributed by atoms with Crippen molar-refractivity contribution in [2.45, 2.75) is 32.4 Å². The molecule has 1 fully saturated rings. The van der Waals surface area contributed by atoms with Crippen LogP contribution in [-0.2, 0) is 4.79 Å². The molecule has 2 heterocycles. The minimum absolute atomic E-state index is 0.0295. The molecule has 1 aromatic rings. The maximum atomic E-state index is 11.8. The molecule has 5 nitrogen and oxygen atoms in total. The third kappa shape index (κ3) is 2.43. The van der Waals surface area contributed by atoms with E-state index in [9.17, 15) is 4.79 Å². The maximum absolute atomic E-state index is 11.8. The number of likely N-dealkylation sites (tertiary alicyclic amines) is 1. The second kappa shape index (κ2) is 5.05. The average Bonchev–Trinajstić information content (AvgIpc) is 2.71. The summed E-state index contributed by atoms with van der Waals surface area (Å²) in [6.07, 6.45) is 2.10. The smallest absolute Gasteiger partial charge is 0.225 e. The van der Waals surface area contributed by atoms with E-state index in [4.69, 9.17) is 5.26 Å². The molecule has 0 spiro atoms. The van der Waals surface area contributed by atoms with E-state index in [0.717, 1.165) is 0 Å². The summed E-state index contributed by atoms with van der Waals surface area (Å²) >= 11 is 0. The predicted octanol–water partition coefficient (Wildman–Crippen LogP) is 1.37. The first-order chi connectivity index (χ1) is 8.61. The number of nitrogens with one attached hydrogen (secondary N) is 1. The Bertz CT molecular complexity index is 492. The number of pyridine rings is 1. The Kier molecular flexibility index (Phi) is 3.47. The van der Waals surface area contributed by atoms with Gasteiger partial charge in [0, 0.05) is 25.2 Å². The summed E-state index contributed by atoms with van der Waals surface area (Å²) in [4.78, 5) is 17.8. The van der Waals surface area contributed by atoms with Crippen molar-refractivity contribution in [1.29, 1.82) is 5.26 Å². The molecular weight excluding hydrogens is 228 g/mol. The summed E-state index contributed by atoms with van der Waals surface area (Å²) in [6, 6.07) is 5.77. The van der Waals surface area contributed by atoms with Gasteiger partial charge in [0.25, 0.3) is 0 Å². The summed E-state index contributed by atoms with van der Waals surface area (Å²) in [5.74, 6) is 0.709. The number of nitrogens with zero attached hydrogens (tertiary/aromatic N) is 3. The van der Waals surface area contributed by atoms with Crippen LogP contribution in [0.3, 0.4) is 0 Å². The lowest BCUT2D eigenvalue weighted by Gasteiger charge is -2.21. The standard InChI is InChI=1S/C13H16N4O/c1-9(2)17-8-11(6-12(17)18)16-13-10(7-14)4-3-5-15-13/h3-5,9,11H,6,8H2,1-2H3,(H,15,16)/t11-/m0/s1. The normalized spacial score (nSPS) is 19.1. The highest BCUT2D eigenvalue weighted by molar-refractivity contribution is 5.80. The zero-order chi connectivity index (χ0) is 13.1. The zero-order valence-electron chi connectivity index (χ0n) is 10.6. The van der Waals surface area contributed by atoms with Gasteiger partial charge in [-0.25, -0.2) is 4.98 Å². The Hall–Kier alpha value is -2.09. The van der Waals surface area contributed by atoms with Gasteiger partial charge in [0.1, 0.15) is 11.9 Å². The first kappa shape index (κ1) is 12.4. The molecule has 2 rings (SSSR count). The fraction of sp³-hybridized carbons (Fsp3) is 0.462. The number of hydrogen-bond donors (Lipinski definition) is 1. The van der Waals surface area contributed by atoms with E-state index in [1.54, 1.807) is 18.3 Å². The van der Waals surface area contributed by atoms with Crippen LogP contribution in [0, 0.1) is 11.3 Å². The van der Waals surface area contributed by atoms with E-state index in [2.05, 4.69) is 16.4 Å². The third-order valence-corrected chi connectivity index (χ3v) is 3.05. The van der Waals surface area contributed by atoms with Gasteiger partial charge in [-0.05, 0) is 26.0 Å². The maximum Gasteiger partial charge on any atom is 0.225 e. The van der Waals surface area contributed by atoms with Crippen molar-refractivity contribution < 1.29 is 4.79 Å². The van der Waals surface area contributed by atoms with Gasteiger partial charge in [0.2, 0.25) is 5.91 Å². The quantitative estimate of drug-likeness (QED) is 0.872. The van der Waals surface area contributed by atoms with Gasteiger partial charge in [-0.2, -0.15) is 5.26 Å². The van der Waals surface area contributed by atoms with Gasteiger partial charge in [0.05, 0.1) is 11.6 Å². The molecule has 0 aromatic carbocycles. The fourth-order valence-electron chi connectivity index (χ4n) is 2.13. The van der Waals surface area contributed by atoms with E-state index in [0.29, 0.717) is 24.3 Å². The van der Waals surface area contributed by atoms with Gasteiger partial charge in [-0.1, -0.05) is 0 Å². The van der Waals surface area contributed by atoms with Crippen LogP contribution in [-0.4, -0.2) is 34.4 Å². The third-order valence-electron chi connectivity index (χ3n) is 3.05. The van der Waals surface area contributed by atoms with E-state index < -0.39 is 0 Å². The topological polar surface area (TPSA) is 69.0 Å². The molecule has 94 valence electrons. The zero-order valence-corrected chi connectivity index (χ0v) is 10.6. The second-order valence-electron chi connectivity index (χ2n) is 4.70. The average molecular weight is 244 g/mol. The van der Waals surface area contributed by atoms with E-state index in [1.807, 2.05) is 18.7 Å². The fourth-order valence-corrected chi connectivity index (χ4v) is 2.13. The summed E-state index contributed by atoms with van der Waals surface area (Å²) in [5, 5.41) is 12.2. The lowest BCUT2D eigenvalue weighted by atomic mass is 10.2. The van der Waals surface area contributed by atoms with Crippen molar-refractivity contribution in [2.75, 3.05) is 11.9 Å². The Morgan fingerprint density at radius 2 is 2.39 bits per heavy atom.